The molecule has 1 heterocycles. The summed E-state index contributed by atoms with van der Waals surface area (Å²) in [6, 6.07) is 48.9. The Morgan fingerprint density at radius 1 is 0.410 bits per heavy atom. The molecule has 304 valence electrons. The SMILES string of the molecule is CC(C)(C)c1cc(C(C)(C)C)c2oc3c4c(ccc3c2c1)C(C)(C)c1ccc(N(c2ccc3c(c2)C(C)(C)c2ccccc2-3)c2cccc3c2-c2ccccc2C3(C)C)cc1-4. The molecule has 1 aromatic heterocycles. The number of nitrogens with zero attached hydrogens (tertiary/aromatic N) is 1. The highest BCUT2D eigenvalue weighted by Crippen LogP contribution is 2.58. The van der Waals surface area contributed by atoms with Gasteiger partial charge in [0.2, 0.25) is 0 Å². The summed E-state index contributed by atoms with van der Waals surface area (Å²) in [5, 5.41) is 2.40. The smallest absolute Gasteiger partial charge is 0.143 e. The second-order valence-electron chi connectivity index (χ2n) is 21.8. The highest BCUT2D eigenvalue weighted by molar-refractivity contribution is 6.13. The zero-order valence-corrected chi connectivity index (χ0v) is 38.0. The van der Waals surface area contributed by atoms with Crippen molar-refractivity contribution in [1.29, 1.82) is 0 Å². The van der Waals surface area contributed by atoms with Gasteiger partial charge in [-0.2, -0.15) is 0 Å². The van der Waals surface area contributed by atoms with Crippen LogP contribution in [0, 0.1) is 0 Å². The lowest BCUT2D eigenvalue weighted by Crippen LogP contribution is -2.18. The highest BCUT2D eigenvalue weighted by Gasteiger charge is 2.42. The fraction of sp³-hybridized carbons (Fsp3) is 0.288. The van der Waals surface area contributed by atoms with E-state index in [1.165, 1.54) is 100 Å². The van der Waals surface area contributed by atoms with Gasteiger partial charge >= 0.3 is 0 Å². The van der Waals surface area contributed by atoms with Gasteiger partial charge in [0.15, 0.2) is 0 Å². The normalized spacial score (nSPS) is 16.3. The summed E-state index contributed by atoms with van der Waals surface area (Å²) in [6.45, 7) is 28.2. The third-order valence-corrected chi connectivity index (χ3v) is 14.9. The van der Waals surface area contributed by atoms with Gasteiger partial charge < -0.3 is 9.32 Å². The van der Waals surface area contributed by atoms with Crippen LogP contribution in [0.3, 0.4) is 0 Å². The van der Waals surface area contributed by atoms with E-state index in [0.717, 1.165) is 16.9 Å². The topological polar surface area (TPSA) is 16.4 Å². The number of fused-ring (bicyclic) bond motifs is 13. The fourth-order valence-electron chi connectivity index (χ4n) is 11.5. The first-order chi connectivity index (χ1) is 28.8. The van der Waals surface area contributed by atoms with E-state index in [9.17, 15) is 0 Å². The van der Waals surface area contributed by atoms with Crippen molar-refractivity contribution >= 4 is 39.0 Å². The minimum absolute atomic E-state index is 0.00433. The number of rotatable bonds is 3. The second kappa shape index (κ2) is 12.2. The van der Waals surface area contributed by atoms with Crippen LogP contribution in [-0.2, 0) is 27.1 Å². The van der Waals surface area contributed by atoms with Crippen LogP contribution in [0.25, 0.3) is 55.3 Å². The molecule has 2 heteroatoms. The molecule has 0 N–H and O–H groups in total. The van der Waals surface area contributed by atoms with Crippen molar-refractivity contribution in [3.8, 4) is 33.4 Å². The molecule has 0 saturated heterocycles. The van der Waals surface area contributed by atoms with Gasteiger partial charge in [-0.1, -0.05) is 174 Å². The molecule has 11 rings (SSSR count). The third-order valence-electron chi connectivity index (χ3n) is 14.9. The van der Waals surface area contributed by atoms with Crippen LogP contribution in [0.4, 0.5) is 17.1 Å². The number of hydrogen-bond donors (Lipinski definition) is 0. The Labute approximate surface area is 362 Å². The van der Waals surface area contributed by atoms with E-state index < -0.39 is 0 Å². The monoisotopic (exact) mass is 795 g/mol. The molecule has 3 aliphatic rings. The Balaban J connectivity index is 1.19. The van der Waals surface area contributed by atoms with Crippen molar-refractivity contribution in [2.24, 2.45) is 0 Å². The molecule has 0 fully saturated rings. The molecule has 0 bridgehead atoms. The molecule has 2 nitrogen and oxygen atoms in total. The maximum Gasteiger partial charge on any atom is 0.143 e. The lowest BCUT2D eigenvalue weighted by atomic mass is 9.79. The number of benzene rings is 7. The molecule has 0 amide bonds. The molecular weight excluding hydrogens is 739 g/mol. The van der Waals surface area contributed by atoms with Crippen LogP contribution < -0.4 is 4.90 Å². The Bertz CT molecular complexity index is 3190. The van der Waals surface area contributed by atoms with E-state index in [2.05, 4.69) is 215 Å². The standard InChI is InChI=1S/C59H57NO/c1-55(2,3)34-30-41-39-27-29-47-52(54(39)61-53(41)49(31-34)56(4,5)6)42-32-35(25-28-45(42)58(47,9)10)60(36-24-26-38-37-18-13-15-20-43(37)59(11,12)48(38)33-36)50-23-17-22-46-51(50)40-19-14-16-21-44(40)57(46,7)8/h13-33H,1-12H3. The van der Waals surface area contributed by atoms with Crippen LogP contribution in [0.2, 0.25) is 0 Å². The molecule has 0 saturated carbocycles. The van der Waals surface area contributed by atoms with E-state index in [1.54, 1.807) is 0 Å². The van der Waals surface area contributed by atoms with Crippen LogP contribution >= 0.6 is 0 Å². The van der Waals surface area contributed by atoms with Crippen molar-refractivity contribution in [1.82, 2.24) is 0 Å². The summed E-state index contributed by atoms with van der Waals surface area (Å²) < 4.78 is 7.25. The Kier molecular flexibility index (Phi) is 7.59. The zero-order valence-electron chi connectivity index (χ0n) is 38.0. The zero-order chi connectivity index (χ0) is 42.8. The van der Waals surface area contributed by atoms with Gasteiger partial charge in [0, 0.05) is 55.1 Å². The molecule has 0 spiro atoms. The Morgan fingerprint density at radius 3 is 1.67 bits per heavy atom. The van der Waals surface area contributed by atoms with E-state index in [4.69, 9.17) is 4.42 Å². The molecule has 7 aromatic carbocycles. The average molecular weight is 796 g/mol. The lowest BCUT2D eigenvalue weighted by molar-refractivity contribution is 0.559. The Hall–Kier alpha value is -5.86. The Morgan fingerprint density at radius 2 is 0.967 bits per heavy atom. The van der Waals surface area contributed by atoms with Crippen molar-refractivity contribution < 1.29 is 4.42 Å². The van der Waals surface area contributed by atoms with Gasteiger partial charge in [-0.3, -0.25) is 0 Å². The minimum atomic E-state index is -0.203. The van der Waals surface area contributed by atoms with Crippen LogP contribution in [0.5, 0.6) is 0 Å². The molecule has 3 aliphatic carbocycles. The molecular formula is C59H57NO. The molecule has 0 atom stereocenters. The molecule has 8 aromatic rings. The van der Waals surface area contributed by atoms with Gasteiger partial charge in [0.1, 0.15) is 11.2 Å². The summed E-state index contributed by atoms with van der Waals surface area (Å²) in [7, 11) is 0. The predicted octanol–water partition coefficient (Wildman–Crippen LogP) is 16.6. The van der Waals surface area contributed by atoms with Crippen molar-refractivity contribution in [3.05, 3.63) is 172 Å². The van der Waals surface area contributed by atoms with E-state index in [-0.39, 0.29) is 27.1 Å². The van der Waals surface area contributed by atoms with E-state index in [1.807, 2.05) is 0 Å². The molecule has 0 unspecified atom stereocenters. The highest BCUT2D eigenvalue weighted by atomic mass is 16.3. The second-order valence-corrected chi connectivity index (χ2v) is 21.8. The summed E-state index contributed by atoms with van der Waals surface area (Å²) in [6.07, 6.45) is 0. The van der Waals surface area contributed by atoms with Gasteiger partial charge in [-0.25, -0.2) is 0 Å². The average Bonchev–Trinajstić information content (AvgIpc) is 3.86. The van der Waals surface area contributed by atoms with Gasteiger partial charge in [-0.05, 0) is 108 Å². The molecule has 61 heavy (non-hydrogen) atoms. The van der Waals surface area contributed by atoms with Crippen LogP contribution in [0.1, 0.15) is 128 Å². The maximum atomic E-state index is 7.25. The van der Waals surface area contributed by atoms with Crippen LogP contribution in [-0.4, -0.2) is 0 Å². The summed E-state index contributed by atoms with van der Waals surface area (Å²) in [4.78, 5) is 2.55. The summed E-state index contributed by atoms with van der Waals surface area (Å²) in [5.41, 5.74) is 23.5. The molecule has 0 radical (unpaired) electrons. The predicted molar refractivity (Wildman–Crippen MR) is 258 cm³/mol. The first-order valence-electron chi connectivity index (χ1n) is 22.3. The van der Waals surface area contributed by atoms with E-state index in [0.29, 0.717) is 0 Å². The van der Waals surface area contributed by atoms with Crippen LogP contribution in [0.15, 0.2) is 132 Å². The van der Waals surface area contributed by atoms with Crippen molar-refractivity contribution in [2.45, 2.75) is 110 Å². The number of anilines is 3. The third kappa shape index (κ3) is 5.14. The summed E-state index contributed by atoms with van der Waals surface area (Å²) >= 11 is 0. The molecule has 0 aliphatic heterocycles. The quantitative estimate of drug-likeness (QED) is 0.177. The number of furan rings is 1. The maximum absolute atomic E-state index is 7.25. The van der Waals surface area contributed by atoms with Gasteiger partial charge in [0.25, 0.3) is 0 Å². The van der Waals surface area contributed by atoms with Crippen molar-refractivity contribution in [3.63, 3.8) is 0 Å². The number of hydrogen-bond acceptors (Lipinski definition) is 2. The first kappa shape index (κ1) is 38.1. The largest absolute Gasteiger partial charge is 0.455 e. The van der Waals surface area contributed by atoms with Gasteiger partial charge in [-0.15, -0.1) is 0 Å². The van der Waals surface area contributed by atoms with E-state index >= 15 is 0 Å². The summed E-state index contributed by atoms with van der Waals surface area (Å²) in [5.74, 6) is 0. The van der Waals surface area contributed by atoms with Gasteiger partial charge in [0.05, 0.1) is 5.69 Å². The van der Waals surface area contributed by atoms with Crippen molar-refractivity contribution in [2.75, 3.05) is 4.90 Å². The lowest BCUT2D eigenvalue weighted by Gasteiger charge is -2.31. The first-order valence-corrected chi connectivity index (χ1v) is 22.3. The minimum Gasteiger partial charge on any atom is -0.455 e. The fourth-order valence-corrected chi connectivity index (χ4v) is 11.5.